The van der Waals surface area contributed by atoms with Crippen LogP contribution in [0.15, 0.2) is 48.5 Å². The van der Waals surface area contributed by atoms with E-state index in [0.29, 0.717) is 5.75 Å². The largest absolute Gasteiger partial charge is 0.508 e. The second kappa shape index (κ2) is 8.95. The van der Waals surface area contributed by atoms with Crippen molar-refractivity contribution in [3.05, 3.63) is 59.7 Å². The van der Waals surface area contributed by atoms with Crippen LogP contribution >= 0.6 is 0 Å². The maximum absolute atomic E-state index is 9.45. The molecular weight excluding hydrogens is 350 g/mol. The molecular formula is C23H31N3O2. The molecule has 1 unspecified atom stereocenters. The Balaban J connectivity index is 1.22. The summed E-state index contributed by atoms with van der Waals surface area (Å²) in [5.41, 5.74) is 3.96. The summed E-state index contributed by atoms with van der Waals surface area (Å²) in [6.45, 7) is 8.59. The third-order valence-electron chi connectivity index (χ3n) is 6.04. The minimum absolute atomic E-state index is 0.193. The van der Waals surface area contributed by atoms with Gasteiger partial charge >= 0.3 is 0 Å². The van der Waals surface area contributed by atoms with Crippen molar-refractivity contribution in [2.75, 3.05) is 57.8 Å². The Kier molecular flexibility index (Phi) is 6.15. The number of anilines is 1. The van der Waals surface area contributed by atoms with Crippen LogP contribution in [0.1, 0.15) is 23.7 Å². The van der Waals surface area contributed by atoms with E-state index in [4.69, 9.17) is 4.74 Å². The molecule has 0 amide bonds. The van der Waals surface area contributed by atoms with Crippen molar-refractivity contribution in [3.8, 4) is 5.75 Å². The van der Waals surface area contributed by atoms with E-state index in [2.05, 4.69) is 39.0 Å². The van der Waals surface area contributed by atoms with Crippen molar-refractivity contribution < 1.29 is 9.84 Å². The Hall–Kier alpha value is -2.08. The molecule has 150 valence electrons. The maximum atomic E-state index is 9.45. The van der Waals surface area contributed by atoms with E-state index in [9.17, 15) is 5.11 Å². The van der Waals surface area contributed by atoms with Crippen molar-refractivity contribution in [1.82, 2.24) is 9.80 Å². The third-order valence-corrected chi connectivity index (χ3v) is 6.04. The Morgan fingerprint density at radius 2 is 1.64 bits per heavy atom. The summed E-state index contributed by atoms with van der Waals surface area (Å²) in [7, 11) is 1.82. The van der Waals surface area contributed by atoms with Gasteiger partial charge in [-0.1, -0.05) is 24.3 Å². The molecule has 0 bridgehead atoms. The highest BCUT2D eigenvalue weighted by Crippen LogP contribution is 2.28. The van der Waals surface area contributed by atoms with Crippen LogP contribution in [0.4, 0.5) is 5.69 Å². The first-order chi connectivity index (χ1) is 13.7. The van der Waals surface area contributed by atoms with Crippen molar-refractivity contribution >= 4 is 5.69 Å². The predicted octanol–water partition coefficient (Wildman–Crippen LogP) is 3.11. The monoisotopic (exact) mass is 381 g/mol. The number of nitrogens with zero attached hydrogens (tertiary/aromatic N) is 3. The zero-order chi connectivity index (χ0) is 19.3. The van der Waals surface area contributed by atoms with E-state index in [-0.39, 0.29) is 6.10 Å². The molecule has 5 nitrogen and oxygen atoms in total. The maximum Gasteiger partial charge on any atom is 0.115 e. The molecule has 0 aliphatic carbocycles. The first kappa shape index (κ1) is 19.2. The highest BCUT2D eigenvalue weighted by molar-refractivity contribution is 5.49. The lowest BCUT2D eigenvalue weighted by atomic mass is 9.97. The molecule has 0 aromatic heterocycles. The Bertz CT molecular complexity index is 757. The molecule has 0 radical (unpaired) electrons. The lowest BCUT2D eigenvalue weighted by Crippen LogP contribution is -2.47. The molecule has 1 fully saturated rings. The highest BCUT2D eigenvalue weighted by Gasteiger charge is 2.24. The fraction of sp³-hybridized carbons (Fsp3) is 0.478. The number of hydrogen-bond acceptors (Lipinski definition) is 5. The van der Waals surface area contributed by atoms with Crippen molar-refractivity contribution in [3.63, 3.8) is 0 Å². The standard InChI is InChI=1S/C23H31N3O2/c1-28-23-18-25(17-19-5-2-3-6-22(19)23)12-4-11-24-13-15-26(16-14-24)20-7-9-21(27)10-8-20/h2-3,5-10,23,27H,4,11-18H2,1H3. The minimum Gasteiger partial charge on any atom is -0.508 e. The normalized spacial score (nSPS) is 20.9. The van der Waals surface area contributed by atoms with Gasteiger partial charge in [0.25, 0.3) is 0 Å². The van der Waals surface area contributed by atoms with Crippen molar-refractivity contribution in [2.45, 2.75) is 19.1 Å². The van der Waals surface area contributed by atoms with Gasteiger partial charge < -0.3 is 14.7 Å². The molecule has 5 heteroatoms. The van der Waals surface area contributed by atoms with Crippen LogP contribution in [0, 0.1) is 0 Å². The molecule has 2 aliphatic rings. The van der Waals surface area contributed by atoms with Crippen LogP contribution in [0.25, 0.3) is 0 Å². The molecule has 28 heavy (non-hydrogen) atoms. The molecule has 2 aromatic rings. The van der Waals surface area contributed by atoms with E-state index in [1.165, 1.54) is 23.2 Å². The van der Waals surface area contributed by atoms with Crippen LogP contribution in [0.5, 0.6) is 5.75 Å². The van der Waals surface area contributed by atoms with Gasteiger partial charge in [-0.05, 0) is 54.9 Å². The quantitative estimate of drug-likeness (QED) is 0.832. The number of rotatable bonds is 6. The van der Waals surface area contributed by atoms with Crippen molar-refractivity contribution in [1.29, 1.82) is 0 Å². The average Bonchev–Trinajstić information content (AvgIpc) is 2.74. The van der Waals surface area contributed by atoms with Crippen LogP contribution in [-0.4, -0.2) is 67.8 Å². The summed E-state index contributed by atoms with van der Waals surface area (Å²) in [6.07, 6.45) is 1.39. The summed E-state index contributed by atoms with van der Waals surface area (Å²) < 4.78 is 5.73. The second-order valence-corrected chi connectivity index (χ2v) is 7.86. The van der Waals surface area contributed by atoms with Crippen LogP contribution in [-0.2, 0) is 11.3 Å². The first-order valence-electron chi connectivity index (χ1n) is 10.3. The molecule has 2 aromatic carbocycles. The number of piperazine rings is 1. The van der Waals surface area contributed by atoms with Gasteiger partial charge in [-0.25, -0.2) is 0 Å². The van der Waals surface area contributed by atoms with E-state index < -0.39 is 0 Å². The number of benzene rings is 2. The number of hydrogen-bond donors (Lipinski definition) is 1. The third kappa shape index (κ3) is 4.49. The molecule has 2 heterocycles. The van der Waals surface area contributed by atoms with Gasteiger partial charge in [-0.15, -0.1) is 0 Å². The van der Waals surface area contributed by atoms with Gasteiger partial charge in [0, 0.05) is 52.1 Å². The highest BCUT2D eigenvalue weighted by atomic mass is 16.5. The predicted molar refractivity (Wildman–Crippen MR) is 113 cm³/mol. The Morgan fingerprint density at radius 1 is 0.929 bits per heavy atom. The minimum atomic E-state index is 0.193. The molecule has 4 rings (SSSR count). The fourth-order valence-electron chi connectivity index (χ4n) is 4.41. The molecule has 2 aliphatic heterocycles. The summed E-state index contributed by atoms with van der Waals surface area (Å²) >= 11 is 0. The van der Waals surface area contributed by atoms with Gasteiger partial charge in [-0.3, -0.25) is 9.80 Å². The zero-order valence-corrected chi connectivity index (χ0v) is 16.8. The molecule has 1 N–H and O–H groups in total. The van der Waals surface area contributed by atoms with Crippen LogP contribution in [0.3, 0.4) is 0 Å². The second-order valence-electron chi connectivity index (χ2n) is 7.86. The van der Waals surface area contributed by atoms with Crippen LogP contribution in [0.2, 0.25) is 0 Å². The van der Waals surface area contributed by atoms with Gasteiger partial charge in [-0.2, -0.15) is 0 Å². The lowest BCUT2D eigenvalue weighted by molar-refractivity contribution is 0.0465. The Labute approximate surface area is 168 Å². The van der Waals surface area contributed by atoms with Gasteiger partial charge in [0.05, 0.1) is 6.10 Å². The van der Waals surface area contributed by atoms with E-state index >= 15 is 0 Å². The topological polar surface area (TPSA) is 39.2 Å². The fourth-order valence-corrected chi connectivity index (χ4v) is 4.41. The van der Waals surface area contributed by atoms with Crippen molar-refractivity contribution in [2.24, 2.45) is 0 Å². The molecule has 1 atom stereocenters. The number of fused-ring (bicyclic) bond motifs is 1. The molecule has 0 saturated carbocycles. The average molecular weight is 382 g/mol. The SMILES string of the molecule is COC1CN(CCCN2CCN(c3ccc(O)cc3)CC2)Cc2ccccc21. The van der Waals surface area contributed by atoms with E-state index in [0.717, 1.165) is 52.4 Å². The number of phenols is 1. The summed E-state index contributed by atoms with van der Waals surface area (Å²) in [5.74, 6) is 0.332. The summed E-state index contributed by atoms with van der Waals surface area (Å²) in [6, 6.07) is 16.2. The van der Waals surface area contributed by atoms with Crippen LogP contribution < -0.4 is 4.90 Å². The lowest BCUT2D eigenvalue weighted by Gasteiger charge is -2.37. The van der Waals surface area contributed by atoms with Gasteiger partial charge in [0.2, 0.25) is 0 Å². The molecule has 1 saturated heterocycles. The van der Waals surface area contributed by atoms with E-state index in [1.54, 1.807) is 12.1 Å². The smallest absolute Gasteiger partial charge is 0.115 e. The van der Waals surface area contributed by atoms with Gasteiger partial charge in [0.15, 0.2) is 0 Å². The first-order valence-corrected chi connectivity index (χ1v) is 10.3. The number of methoxy groups -OCH3 is 1. The molecule has 0 spiro atoms. The van der Waals surface area contributed by atoms with Gasteiger partial charge in [0.1, 0.15) is 5.75 Å². The van der Waals surface area contributed by atoms with E-state index in [1.807, 2.05) is 19.2 Å². The number of ether oxygens (including phenoxy) is 1. The Morgan fingerprint density at radius 3 is 2.39 bits per heavy atom. The summed E-state index contributed by atoms with van der Waals surface area (Å²) in [4.78, 5) is 7.51. The summed E-state index contributed by atoms with van der Waals surface area (Å²) in [5, 5.41) is 9.45. The number of phenolic OH excluding ortho intramolecular Hbond substituents is 1. The zero-order valence-electron chi connectivity index (χ0n) is 16.8. The number of aromatic hydroxyl groups is 1.